The van der Waals surface area contributed by atoms with Gasteiger partial charge in [0.1, 0.15) is 11.2 Å². The Hall–Kier alpha value is -8.36. The van der Waals surface area contributed by atoms with Crippen LogP contribution in [0.4, 0.5) is 39.8 Å². The summed E-state index contributed by atoms with van der Waals surface area (Å²) in [5, 5.41) is 22.2. The van der Waals surface area contributed by atoms with Gasteiger partial charge in [0.05, 0.1) is 49.0 Å². The summed E-state index contributed by atoms with van der Waals surface area (Å²) in [4.78, 5) is 8.29. The number of nitrogens with zero attached hydrogens (tertiary/aromatic N) is 4. The molecule has 0 unspecified atom stereocenters. The topological polar surface area (TPSA) is 60.9 Å². The van der Waals surface area contributed by atoms with Crippen LogP contribution in [0.3, 0.4) is 0 Å². The van der Waals surface area contributed by atoms with Gasteiger partial charge in [0, 0.05) is 43.7 Å². The number of para-hydroxylation sites is 4. The van der Waals surface area contributed by atoms with Crippen molar-refractivity contribution in [2.24, 2.45) is 0 Å². The lowest BCUT2D eigenvalue weighted by Crippen LogP contribution is -2.37. The fourth-order valence-electron chi connectivity index (χ4n) is 10.0. The van der Waals surface area contributed by atoms with Gasteiger partial charge >= 0.3 is 0 Å². The van der Waals surface area contributed by atoms with Crippen molar-refractivity contribution in [2.75, 3.05) is 9.80 Å². The van der Waals surface area contributed by atoms with Crippen LogP contribution in [0, 0.1) is 24.8 Å². The summed E-state index contributed by atoms with van der Waals surface area (Å²) >= 11 is 0. The number of anilines is 6. The summed E-state index contributed by atoms with van der Waals surface area (Å²) in [5.74, 6) is 0. The number of nitriles is 1. The van der Waals surface area contributed by atoms with Gasteiger partial charge in [-0.1, -0.05) is 129 Å². The molecule has 10 aromatic carbocycles. The van der Waals surface area contributed by atoms with Crippen LogP contribution < -0.4 is 15.0 Å². The SMILES string of the molecule is [C-]#[N+]c1ccc(N(c2ccc3ccc4c(N(c5ccc(C#N)cc5)c5cccc6c5oc5c([Si](C)(C)C)cccc56)ccc5ccc2c3c54)c2cccc3c2oc2c(C)cccc23)cc1. The highest BCUT2D eigenvalue weighted by atomic mass is 28.3. The van der Waals surface area contributed by atoms with E-state index in [0.29, 0.717) is 11.3 Å². The monoisotopic (exact) mass is 852 g/mol. The number of furan rings is 2. The summed E-state index contributed by atoms with van der Waals surface area (Å²) in [6.07, 6.45) is 0. The van der Waals surface area contributed by atoms with Crippen molar-refractivity contribution in [2.45, 2.75) is 26.6 Å². The Kier molecular flexibility index (Phi) is 8.45. The van der Waals surface area contributed by atoms with Crippen LogP contribution in [0.1, 0.15) is 11.1 Å². The van der Waals surface area contributed by atoms with Crippen LogP contribution in [0.25, 0.3) is 81.0 Å². The Bertz CT molecular complexity index is 3980. The van der Waals surface area contributed by atoms with Crippen molar-refractivity contribution in [3.05, 3.63) is 192 Å². The number of hydrogen-bond donors (Lipinski definition) is 0. The number of hydrogen-bond acceptors (Lipinski definition) is 5. The molecule has 0 N–H and O–H groups in total. The Labute approximate surface area is 376 Å². The predicted octanol–water partition coefficient (Wildman–Crippen LogP) is 16.6. The highest BCUT2D eigenvalue weighted by Gasteiger charge is 2.27. The van der Waals surface area contributed by atoms with Crippen LogP contribution in [0.5, 0.6) is 0 Å². The van der Waals surface area contributed by atoms with Gasteiger partial charge in [0.2, 0.25) is 0 Å². The van der Waals surface area contributed by atoms with Crippen LogP contribution in [0.2, 0.25) is 19.6 Å². The third-order valence-electron chi connectivity index (χ3n) is 13.1. The molecule has 0 aliphatic heterocycles. The van der Waals surface area contributed by atoms with Crippen molar-refractivity contribution in [3.8, 4) is 6.07 Å². The standard InChI is InChI=1S/C58H40N4O2Si/c1-35-10-6-11-42-43-12-7-15-50(56(43)63-55(35)42)62(41-28-24-39(60-2)25-29-41)49-33-23-38-20-30-46-48(32-22-37-21-31-47(49)54(38)53(37)46)61(40-26-18-36(34-59)19-27-40)51-16-8-13-44-45-14-9-17-52(65(3,4)5)58(45)64-57(44)51/h6-33H,1,3-5H3. The number of aryl methyl sites for hydroxylation is 1. The van der Waals surface area contributed by atoms with E-state index in [0.717, 1.165) is 116 Å². The molecule has 0 bridgehead atoms. The molecule has 6 nitrogen and oxygen atoms in total. The zero-order valence-electron chi connectivity index (χ0n) is 36.3. The summed E-state index contributed by atoms with van der Waals surface area (Å²) in [5.41, 5.74) is 11.4. The molecule has 0 atom stereocenters. The fraction of sp³-hybridized carbons (Fsp3) is 0.0690. The number of benzene rings is 10. The maximum absolute atomic E-state index is 9.84. The van der Waals surface area contributed by atoms with Crippen LogP contribution in [-0.4, -0.2) is 8.07 Å². The Morgan fingerprint density at radius 3 is 1.46 bits per heavy atom. The molecule has 0 saturated carbocycles. The average molecular weight is 853 g/mol. The van der Waals surface area contributed by atoms with Gasteiger partial charge in [-0.15, -0.1) is 0 Å². The lowest BCUT2D eigenvalue weighted by molar-refractivity contribution is 0.666. The summed E-state index contributed by atoms with van der Waals surface area (Å²) in [6.45, 7) is 16.9. The summed E-state index contributed by atoms with van der Waals surface area (Å²) < 4.78 is 13.8. The lowest BCUT2D eigenvalue weighted by atomic mass is 9.91. The first-order valence-corrected chi connectivity index (χ1v) is 25.3. The first kappa shape index (κ1) is 38.3. The highest BCUT2D eigenvalue weighted by molar-refractivity contribution is 6.90. The van der Waals surface area contributed by atoms with E-state index in [9.17, 15) is 5.26 Å². The average Bonchev–Trinajstić information content (AvgIpc) is 3.92. The molecule has 7 heteroatoms. The van der Waals surface area contributed by atoms with Gasteiger partial charge in [-0.25, -0.2) is 4.85 Å². The molecule has 308 valence electrons. The zero-order chi connectivity index (χ0) is 44.1. The Morgan fingerprint density at radius 2 is 0.938 bits per heavy atom. The second kappa shape index (κ2) is 14.3. The quantitative estimate of drug-likeness (QED) is 0.0908. The molecular weight excluding hydrogens is 813 g/mol. The minimum Gasteiger partial charge on any atom is -0.454 e. The van der Waals surface area contributed by atoms with Crippen molar-refractivity contribution < 1.29 is 8.83 Å². The van der Waals surface area contributed by atoms with Crippen molar-refractivity contribution in [1.29, 1.82) is 5.26 Å². The molecule has 0 aliphatic rings. The molecule has 2 heterocycles. The van der Waals surface area contributed by atoms with E-state index in [1.165, 1.54) is 5.19 Å². The van der Waals surface area contributed by atoms with E-state index >= 15 is 0 Å². The van der Waals surface area contributed by atoms with Crippen molar-refractivity contribution >= 4 is 129 Å². The van der Waals surface area contributed by atoms with Gasteiger partial charge < -0.3 is 18.6 Å². The molecule has 0 saturated heterocycles. The van der Waals surface area contributed by atoms with Gasteiger partial charge in [0.15, 0.2) is 16.9 Å². The van der Waals surface area contributed by atoms with Gasteiger partial charge in [0.25, 0.3) is 0 Å². The van der Waals surface area contributed by atoms with E-state index in [4.69, 9.17) is 15.4 Å². The highest BCUT2D eigenvalue weighted by Crippen LogP contribution is 2.50. The van der Waals surface area contributed by atoms with E-state index in [-0.39, 0.29) is 0 Å². The van der Waals surface area contributed by atoms with Crippen molar-refractivity contribution in [3.63, 3.8) is 0 Å². The van der Waals surface area contributed by atoms with Gasteiger partial charge in [-0.05, 0) is 99.9 Å². The third-order valence-corrected chi connectivity index (χ3v) is 15.1. The van der Waals surface area contributed by atoms with Crippen LogP contribution in [0.15, 0.2) is 179 Å². The van der Waals surface area contributed by atoms with E-state index in [1.54, 1.807) is 0 Å². The van der Waals surface area contributed by atoms with Gasteiger partial charge in [-0.3, -0.25) is 0 Å². The van der Waals surface area contributed by atoms with Gasteiger partial charge in [-0.2, -0.15) is 5.26 Å². The second-order valence-electron chi connectivity index (χ2n) is 17.9. The lowest BCUT2D eigenvalue weighted by Gasteiger charge is -2.29. The van der Waals surface area contributed by atoms with Crippen LogP contribution >= 0.6 is 0 Å². The van der Waals surface area contributed by atoms with Crippen molar-refractivity contribution in [1.82, 2.24) is 0 Å². The molecule has 65 heavy (non-hydrogen) atoms. The molecule has 0 spiro atoms. The molecule has 0 amide bonds. The second-order valence-corrected chi connectivity index (χ2v) is 23.0. The fourth-order valence-corrected chi connectivity index (χ4v) is 11.5. The first-order chi connectivity index (χ1) is 31.7. The number of rotatable bonds is 7. The Balaban J connectivity index is 1.13. The third kappa shape index (κ3) is 5.83. The normalized spacial score (nSPS) is 12.0. The maximum atomic E-state index is 9.84. The first-order valence-electron chi connectivity index (χ1n) is 21.8. The molecule has 0 fully saturated rings. The van der Waals surface area contributed by atoms with E-state index in [2.05, 4.69) is 169 Å². The molecule has 12 rings (SSSR count). The minimum atomic E-state index is -1.76. The van der Waals surface area contributed by atoms with E-state index in [1.807, 2.05) is 48.5 Å². The largest absolute Gasteiger partial charge is 0.454 e. The van der Waals surface area contributed by atoms with E-state index < -0.39 is 8.07 Å². The maximum Gasteiger partial charge on any atom is 0.187 e. The Morgan fingerprint density at radius 1 is 0.477 bits per heavy atom. The molecule has 0 radical (unpaired) electrons. The smallest absolute Gasteiger partial charge is 0.187 e. The van der Waals surface area contributed by atoms with Crippen LogP contribution in [-0.2, 0) is 0 Å². The zero-order valence-corrected chi connectivity index (χ0v) is 37.3. The predicted molar refractivity (Wildman–Crippen MR) is 273 cm³/mol. The molecule has 12 aromatic rings. The number of fused-ring (bicyclic) bond motifs is 6. The summed E-state index contributed by atoms with van der Waals surface area (Å²) in [7, 11) is -1.76. The molecule has 2 aromatic heterocycles. The molecular formula is C58H40N4O2Si. The minimum absolute atomic E-state index is 0.579. The molecule has 0 aliphatic carbocycles. The summed E-state index contributed by atoms with van der Waals surface area (Å²) in [6, 6.07) is 61.4.